The van der Waals surface area contributed by atoms with Crippen molar-refractivity contribution in [1.29, 1.82) is 0 Å². The number of nitrogens with two attached hydrogens (primary N) is 1. The molecule has 0 aromatic heterocycles. The number of benzene rings is 1. The molecule has 29 heteroatoms. The molecule has 3 saturated heterocycles. The van der Waals surface area contributed by atoms with Gasteiger partial charge in [0.2, 0.25) is 65.0 Å². The van der Waals surface area contributed by atoms with Crippen molar-refractivity contribution >= 4 is 76.9 Å². The molecule has 0 radical (unpaired) electrons. The van der Waals surface area contributed by atoms with Crippen LogP contribution in [0.1, 0.15) is 104 Å². The van der Waals surface area contributed by atoms with Crippen LogP contribution in [0.2, 0.25) is 0 Å². The van der Waals surface area contributed by atoms with Crippen molar-refractivity contribution in [3.05, 3.63) is 35.9 Å². The molecule has 11 atom stereocenters. The lowest BCUT2D eigenvalue weighted by Crippen LogP contribution is -2.62. The standard InChI is InChI=1S/C53H80N12O17/c1-5-29(4)43(63-50(78)38-15-10-20-64(38)41(69)25-56-44(72)31-14-9-19-55-31)51(79)58-33(22-28(2)3)46(74)61-37(27-67)48(76)62-36(26-66)47(75)59-34(23-30-12-7-6-8-13-30)52(80)65-21-11-16-39(65)49(77)57-32(17-18-40(54)68)45(73)60-35(53(81)82)24-42(70)71/h6-8,12-13,28-29,31-39,43,55,66-67H,5,9-11,14-27H2,1-4H3,(H2,54,68)(H,56,72)(H,57,77)(H,58,79)(H,59,75)(H,60,73)(H,61,74)(H,62,76)(H,63,78)(H,70,71)(H,81,82)/t29-,31-,32-,33-,34-,35-,36-,37-,38-,39-,43-/m0/s1. The quantitative estimate of drug-likeness (QED) is 0.0323. The number of hydrogen-bond donors (Lipinski definition) is 14. The summed E-state index contributed by atoms with van der Waals surface area (Å²) in [5.74, 6) is -13.1. The predicted molar refractivity (Wildman–Crippen MR) is 289 cm³/mol. The number of amides is 11. The molecule has 1 aromatic carbocycles. The number of nitrogens with zero attached hydrogens (tertiary/aromatic N) is 2. The molecule has 0 unspecified atom stereocenters. The molecule has 1 aromatic rings. The van der Waals surface area contributed by atoms with E-state index >= 15 is 0 Å². The van der Waals surface area contributed by atoms with Crippen molar-refractivity contribution in [1.82, 2.24) is 57.7 Å². The maximum atomic E-state index is 14.5. The van der Waals surface area contributed by atoms with Crippen molar-refractivity contribution in [2.75, 3.05) is 39.4 Å². The summed E-state index contributed by atoms with van der Waals surface area (Å²) >= 11 is 0. The Morgan fingerprint density at radius 1 is 0.634 bits per heavy atom. The van der Waals surface area contributed by atoms with E-state index in [1.807, 2.05) is 5.32 Å². The highest BCUT2D eigenvalue weighted by Crippen LogP contribution is 2.22. The maximum absolute atomic E-state index is 14.5. The van der Waals surface area contributed by atoms with Gasteiger partial charge in [0.1, 0.15) is 54.4 Å². The van der Waals surface area contributed by atoms with E-state index in [2.05, 4.69) is 42.5 Å². The summed E-state index contributed by atoms with van der Waals surface area (Å²) in [6.07, 6.45) is 0.859. The molecule has 0 saturated carbocycles. The number of carbonyl (C=O) groups is 13. The number of aliphatic hydroxyl groups excluding tert-OH is 2. The highest BCUT2D eigenvalue weighted by Gasteiger charge is 2.42. The molecule has 3 aliphatic heterocycles. The van der Waals surface area contributed by atoms with E-state index in [0.717, 1.165) is 11.3 Å². The second-order valence-corrected chi connectivity index (χ2v) is 21.2. The molecular formula is C53H80N12O17. The molecule has 82 heavy (non-hydrogen) atoms. The Morgan fingerprint density at radius 2 is 1.17 bits per heavy atom. The van der Waals surface area contributed by atoms with Gasteiger partial charge in [-0.2, -0.15) is 0 Å². The Kier molecular flexibility index (Phi) is 26.5. The average molecular weight is 1160 g/mol. The summed E-state index contributed by atoms with van der Waals surface area (Å²) in [6, 6.07) is -5.48. The first-order valence-corrected chi connectivity index (χ1v) is 27.6. The zero-order chi connectivity index (χ0) is 60.8. The zero-order valence-corrected chi connectivity index (χ0v) is 46.6. The van der Waals surface area contributed by atoms with E-state index in [1.54, 1.807) is 58.0 Å². The second-order valence-electron chi connectivity index (χ2n) is 21.2. The monoisotopic (exact) mass is 1160 g/mol. The third-order valence-corrected chi connectivity index (χ3v) is 14.5. The highest BCUT2D eigenvalue weighted by molar-refractivity contribution is 5.99. The van der Waals surface area contributed by atoms with E-state index in [1.165, 1.54) is 4.90 Å². The number of nitrogens with one attached hydrogen (secondary N) is 9. The van der Waals surface area contributed by atoms with Gasteiger partial charge >= 0.3 is 11.9 Å². The van der Waals surface area contributed by atoms with Gasteiger partial charge in [0.25, 0.3) is 0 Å². The number of likely N-dealkylation sites (tertiary alicyclic amines) is 2. The fourth-order valence-electron chi connectivity index (χ4n) is 9.78. The number of carbonyl (C=O) groups excluding carboxylic acids is 11. The van der Waals surface area contributed by atoms with Crippen molar-refractivity contribution < 1.29 is 82.8 Å². The number of aliphatic carboxylic acids is 2. The normalized spacial score (nSPS) is 19.6. The van der Waals surface area contributed by atoms with E-state index in [-0.39, 0.29) is 57.1 Å². The largest absolute Gasteiger partial charge is 0.481 e. The Morgan fingerprint density at radius 3 is 1.71 bits per heavy atom. The summed E-state index contributed by atoms with van der Waals surface area (Å²) in [4.78, 5) is 174. The van der Waals surface area contributed by atoms with Crippen LogP contribution in [0.5, 0.6) is 0 Å². The lowest BCUT2D eigenvalue weighted by molar-refractivity contribution is -0.147. The summed E-state index contributed by atoms with van der Waals surface area (Å²) in [5, 5.41) is 62.2. The molecule has 0 spiro atoms. The minimum absolute atomic E-state index is 0.0105. The number of primary amides is 1. The number of aliphatic hydroxyl groups is 2. The second kappa shape index (κ2) is 32.6. The number of carboxylic acid groups (broad SMARTS) is 2. The van der Waals surface area contributed by atoms with Gasteiger partial charge < -0.3 is 83.8 Å². The molecular weight excluding hydrogens is 1080 g/mol. The van der Waals surface area contributed by atoms with Gasteiger partial charge in [0, 0.05) is 25.9 Å². The zero-order valence-electron chi connectivity index (χ0n) is 46.6. The minimum atomic E-state index is -1.91. The molecule has 0 bridgehead atoms. The average Bonchev–Trinajstić information content (AvgIpc) is 4.41. The fraction of sp³-hybridized carbons (Fsp3) is 0.642. The third-order valence-electron chi connectivity index (χ3n) is 14.5. The van der Waals surface area contributed by atoms with Gasteiger partial charge in [0.15, 0.2) is 0 Å². The summed E-state index contributed by atoms with van der Waals surface area (Å²) in [6.45, 7) is 5.49. The molecule has 11 amide bonds. The van der Waals surface area contributed by atoms with Crippen LogP contribution < -0.4 is 53.6 Å². The van der Waals surface area contributed by atoms with Crippen molar-refractivity contribution in [3.8, 4) is 0 Å². The van der Waals surface area contributed by atoms with Crippen LogP contribution >= 0.6 is 0 Å². The van der Waals surface area contributed by atoms with Crippen LogP contribution in [0.4, 0.5) is 0 Å². The van der Waals surface area contributed by atoms with Crippen molar-refractivity contribution in [2.45, 2.75) is 165 Å². The molecule has 3 fully saturated rings. The fourth-order valence-corrected chi connectivity index (χ4v) is 9.78. The highest BCUT2D eigenvalue weighted by atomic mass is 16.4. The molecule has 29 nitrogen and oxygen atoms in total. The van der Waals surface area contributed by atoms with Gasteiger partial charge in [-0.05, 0) is 75.3 Å². The summed E-state index contributed by atoms with van der Waals surface area (Å²) in [7, 11) is 0. The Hall–Kier alpha value is -7.79. The first-order valence-electron chi connectivity index (χ1n) is 27.6. The molecule has 3 heterocycles. The number of rotatable bonds is 32. The lowest BCUT2D eigenvalue weighted by Gasteiger charge is -2.31. The molecule has 15 N–H and O–H groups in total. The SMILES string of the molecule is CC[C@H](C)[C@H](NC(=O)[C@@H]1CCCN1C(=O)CNC(=O)[C@@H]1CCCN1)C(=O)N[C@@H](CC(C)C)C(=O)N[C@@H](CO)C(=O)N[C@@H](CO)C(=O)N[C@@H](Cc1ccccc1)C(=O)N1CCC[C@H]1C(=O)N[C@@H](CCC(N)=O)C(=O)N[C@@H](CC(=O)O)C(=O)O. The van der Waals surface area contributed by atoms with E-state index < -0.39 is 170 Å². The smallest absolute Gasteiger partial charge is 0.326 e. The summed E-state index contributed by atoms with van der Waals surface area (Å²) < 4.78 is 0. The van der Waals surface area contributed by atoms with Gasteiger partial charge in [-0.25, -0.2) is 4.79 Å². The molecule has 454 valence electrons. The van der Waals surface area contributed by atoms with Crippen LogP contribution in [-0.4, -0.2) is 207 Å². The van der Waals surface area contributed by atoms with Crippen molar-refractivity contribution in [3.63, 3.8) is 0 Å². The Bertz CT molecular complexity index is 2460. The van der Waals surface area contributed by atoms with Gasteiger partial charge in [-0.15, -0.1) is 0 Å². The minimum Gasteiger partial charge on any atom is -0.481 e. The van der Waals surface area contributed by atoms with Crippen LogP contribution in [0.3, 0.4) is 0 Å². The summed E-state index contributed by atoms with van der Waals surface area (Å²) in [5.41, 5.74) is 5.80. The van der Waals surface area contributed by atoms with Gasteiger partial charge in [-0.3, -0.25) is 57.5 Å². The van der Waals surface area contributed by atoms with Crippen LogP contribution in [0.15, 0.2) is 30.3 Å². The first kappa shape index (κ1) is 66.7. The Balaban J connectivity index is 1.45. The number of hydrogen-bond acceptors (Lipinski definition) is 16. The van der Waals surface area contributed by atoms with E-state index in [9.17, 15) is 77.6 Å². The van der Waals surface area contributed by atoms with Crippen LogP contribution in [0.25, 0.3) is 0 Å². The van der Waals surface area contributed by atoms with Crippen LogP contribution in [-0.2, 0) is 68.7 Å². The lowest BCUT2D eigenvalue weighted by atomic mass is 9.96. The third kappa shape index (κ3) is 20.0. The molecule has 0 aliphatic carbocycles. The van der Waals surface area contributed by atoms with E-state index in [0.29, 0.717) is 37.8 Å². The van der Waals surface area contributed by atoms with Gasteiger partial charge in [-0.1, -0.05) is 64.4 Å². The molecule has 4 rings (SSSR count). The number of carboxylic acids is 2. The topological polar surface area (TPSA) is 444 Å². The van der Waals surface area contributed by atoms with E-state index in [4.69, 9.17) is 10.8 Å². The first-order chi connectivity index (χ1) is 38.9. The predicted octanol–water partition coefficient (Wildman–Crippen LogP) is -4.63. The Labute approximate surface area is 474 Å². The van der Waals surface area contributed by atoms with Crippen molar-refractivity contribution in [2.24, 2.45) is 17.6 Å². The van der Waals surface area contributed by atoms with Crippen LogP contribution in [0, 0.1) is 11.8 Å². The maximum Gasteiger partial charge on any atom is 0.326 e. The molecule has 3 aliphatic rings. The van der Waals surface area contributed by atoms with Gasteiger partial charge in [0.05, 0.1) is 32.2 Å².